The molecule has 0 fully saturated rings. The lowest BCUT2D eigenvalue weighted by atomic mass is 10.1. The predicted molar refractivity (Wildman–Crippen MR) is 46.2 cm³/mol. The highest BCUT2D eigenvalue weighted by Crippen LogP contribution is 2.18. The predicted octanol–water partition coefficient (Wildman–Crippen LogP) is 1.64. The Balaban J connectivity index is 3.43. The highest BCUT2D eigenvalue weighted by atomic mass is 32.1. The molecule has 0 aliphatic carbocycles. The highest BCUT2D eigenvalue weighted by Gasteiger charge is 2.18. The molecule has 0 aliphatic heterocycles. The van der Waals surface area contributed by atoms with Gasteiger partial charge in [-0.25, -0.2) is 9.59 Å². The molecule has 1 aromatic carbocycles. The molecule has 0 bridgehead atoms. The summed E-state index contributed by atoms with van der Waals surface area (Å²) in [5, 5.41) is 17.3. The van der Waals surface area contributed by atoms with Gasteiger partial charge in [-0.1, -0.05) is 18.7 Å². The van der Waals surface area contributed by atoms with Crippen LogP contribution < -0.4 is 0 Å². The summed E-state index contributed by atoms with van der Waals surface area (Å²) in [6, 6.07) is 4.00. The molecule has 0 saturated heterocycles. The van der Waals surface area contributed by atoms with Gasteiger partial charge in [0, 0.05) is 0 Å². The summed E-state index contributed by atoms with van der Waals surface area (Å²) in [5.41, 5.74) is -0.606. The summed E-state index contributed by atoms with van der Waals surface area (Å²) in [5.74, 6) is -2.60. The van der Waals surface area contributed by atoms with Gasteiger partial charge in [-0.3, -0.25) is 0 Å². The van der Waals surface area contributed by atoms with Gasteiger partial charge in [0.2, 0.25) is 0 Å². The van der Waals surface area contributed by atoms with Crippen molar-refractivity contribution < 1.29 is 19.8 Å². The number of carboxylic acid groups (broad SMARTS) is 2. The second kappa shape index (κ2) is 3.40. The van der Waals surface area contributed by atoms with Gasteiger partial charge in [-0.2, -0.15) is 0 Å². The van der Waals surface area contributed by atoms with Crippen LogP contribution in [0.1, 0.15) is 20.7 Å². The number of rotatable bonds is 2. The first-order chi connectivity index (χ1) is 6.04. The molecule has 2 N–H and O–H groups in total. The van der Waals surface area contributed by atoms with Crippen LogP contribution in [0, 0.1) is 0 Å². The minimum absolute atomic E-state index is 0.0346. The Bertz CT molecular complexity index is 372. The quantitative estimate of drug-likeness (QED) is 0.755. The molecular formula is C8H5O4S. The van der Waals surface area contributed by atoms with Gasteiger partial charge in [0.25, 0.3) is 0 Å². The fourth-order valence-corrected chi connectivity index (χ4v) is 1.21. The van der Waals surface area contributed by atoms with Gasteiger partial charge in [0.1, 0.15) is 0 Å². The largest absolute Gasteiger partial charge is 0.478 e. The lowest BCUT2D eigenvalue weighted by Crippen LogP contribution is -2.08. The van der Waals surface area contributed by atoms with E-state index in [1.54, 1.807) is 0 Å². The van der Waals surface area contributed by atoms with Gasteiger partial charge >= 0.3 is 11.9 Å². The van der Waals surface area contributed by atoms with E-state index in [0.717, 1.165) is 0 Å². The molecule has 1 aromatic rings. The Morgan fingerprint density at radius 3 is 2.15 bits per heavy atom. The maximum absolute atomic E-state index is 10.6. The number of carbonyl (C=O) groups is 2. The Morgan fingerprint density at radius 2 is 1.77 bits per heavy atom. The maximum atomic E-state index is 10.6. The van der Waals surface area contributed by atoms with Crippen molar-refractivity contribution in [2.75, 3.05) is 0 Å². The molecule has 4 nitrogen and oxygen atoms in total. The molecule has 0 aliphatic rings. The van der Waals surface area contributed by atoms with Crippen molar-refractivity contribution in [3.8, 4) is 0 Å². The lowest BCUT2D eigenvalue weighted by molar-refractivity contribution is 0.0648. The van der Waals surface area contributed by atoms with Crippen LogP contribution >= 0.6 is 12.6 Å². The lowest BCUT2D eigenvalue weighted by Gasteiger charge is -2.02. The molecule has 0 atom stereocenters. The fourth-order valence-electron chi connectivity index (χ4n) is 0.930. The molecule has 5 heteroatoms. The molecule has 0 aromatic heterocycles. The average Bonchev–Trinajstić information content (AvgIpc) is 2.02. The number of hydrogen-bond donors (Lipinski definition) is 2. The zero-order chi connectivity index (χ0) is 10.0. The van der Waals surface area contributed by atoms with Crippen LogP contribution in [0.2, 0.25) is 0 Å². The third-order valence-electron chi connectivity index (χ3n) is 1.47. The van der Waals surface area contributed by atoms with E-state index in [0.29, 0.717) is 0 Å². The highest BCUT2D eigenvalue weighted by molar-refractivity contribution is 7.80. The zero-order valence-corrected chi connectivity index (χ0v) is 7.17. The molecule has 13 heavy (non-hydrogen) atoms. The number of benzene rings is 1. The smallest absolute Gasteiger partial charge is 0.338 e. The van der Waals surface area contributed by atoms with Crippen molar-refractivity contribution in [3.05, 3.63) is 29.3 Å². The van der Waals surface area contributed by atoms with Crippen molar-refractivity contribution in [2.45, 2.75) is 4.90 Å². The Kier molecular flexibility index (Phi) is 2.48. The van der Waals surface area contributed by atoms with E-state index in [9.17, 15) is 9.59 Å². The van der Waals surface area contributed by atoms with Gasteiger partial charge < -0.3 is 10.2 Å². The van der Waals surface area contributed by atoms with E-state index in [1.165, 1.54) is 18.2 Å². The molecule has 1 rings (SSSR count). The molecule has 67 valence electrons. The van der Waals surface area contributed by atoms with E-state index in [1.807, 2.05) is 0 Å². The molecule has 0 unspecified atom stereocenters. The molecule has 0 saturated carbocycles. The zero-order valence-electron chi connectivity index (χ0n) is 6.35. The fraction of sp³-hybridized carbons (Fsp3) is 0. The van der Waals surface area contributed by atoms with E-state index in [2.05, 4.69) is 0 Å². The van der Waals surface area contributed by atoms with Crippen LogP contribution in [0.3, 0.4) is 0 Å². The first-order valence-electron chi connectivity index (χ1n) is 3.30. The molecule has 0 spiro atoms. The standard InChI is InChI=1S/C8H5O4S/c9-7(10)4-2-1-3-5(13)6(4)8(11)12/h1-3H,(H,9,10)(H,11,12). The second-order valence-electron chi connectivity index (χ2n) is 2.29. The topological polar surface area (TPSA) is 74.6 Å². The monoisotopic (exact) mass is 197 g/mol. The van der Waals surface area contributed by atoms with Crippen LogP contribution in [0.5, 0.6) is 0 Å². The molecular weight excluding hydrogens is 192 g/mol. The summed E-state index contributed by atoms with van der Waals surface area (Å²) < 4.78 is 0. The summed E-state index contributed by atoms with van der Waals surface area (Å²) in [6.45, 7) is 0. The van der Waals surface area contributed by atoms with Crippen molar-refractivity contribution in [2.24, 2.45) is 0 Å². The molecule has 1 radical (unpaired) electrons. The average molecular weight is 197 g/mol. The minimum Gasteiger partial charge on any atom is -0.478 e. The van der Waals surface area contributed by atoms with Crippen molar-refractivity contribution in [1.82, 2.24) is 0 Å². The summed E-state index contributed by atoms with van der Waals surface area (Å²) in [7, 11) is 0. The minimum atomic E-state index is -1.32. The van der Waals surface area contributed by atoms with Gasteiger partial charge in [0.05, 0.1) is 16.0 Å². The van der Waals surface area contributed by atoms with Crippen molar-refractivity contribution >= 4 is 24.6 Å². The molecule has 0 amide bonds. The normalized spacial score (nSPS) is 9.54. The summed E-state index contributed by atoms with van der Waals surface area (Å²) in [6.07, 6.45) is 0. The van der Waals surface area contributed by atoms with E-state index in [4.69, 9.17) is 22.8 Å². The maximum Gasteiger partial charge on any atom is 0.338 e. The van der Waals surface area contributed by atoms with E-state index >= 15 is 0 Å². The number of carboxylic acids is 2. The first kappa shape index (κ1) is 9.47. The Hall–Kier alpha value is -1.62. The SMILES string of the molecule is O=C(O)c1cccc([S])c1C(=O)O. The Labute approximate surface area is 79.2 Å². The van der Waals surface area contributed by atoms with Gasteiger partial charge in [-0.05, 0) is 12.1 Å². The summed E-state index contributed by atoms with van der Waals surface area (Å²) in [4.78, 5) is 21.2. The van der Waals surface area contributed by atoms with Crippen LogP contribution in [-0.2, 0) is 0 Å². The van der Waals surface area contributed by atoms with Gasteiger partial charge in [0.15, 0.2) is 0 Å². The third-order valence-corrected chi connectivity index (χ3v) is 1.81. The van der Waals surface area contributed by atoms with Crippen molar-refractivity contribution in [1.29, 1.82) is 0 Å². The van der Waals surface area contributed by atoms with E-state index in [-0.39, 0.29) is 16.0 Å². The van der Waals surface area contributed by atoms with Crippen LogP contribution in [-0.4, -0.2) is 22.2 Å². The number of aromatic carboxylic acids is 2. The third kappa shape index (κ3) is 1.75. The molecule has 0 heterocycles. The van der Waals surface area contributed by atoms with Crippen molar-refractivity contribution in [3.63, 3.8) is 0 Å². The van der Waals surface area contributed by atoms with Gasteiger partial charge in [-0.15, -0.1) is 0 Å². The summed E-state index contributed by atoms with van der Waals surface area (Å²) >= 11 is 4.69. The van der Waals surface area contributed by atoms with E-state index < -0.39 is 11.9 Å². The van der Waals surface area contributed by atoms with Crippen LogP contribution in [0.4, 0.5) is 0 Å². The van der Waals surface area contributed by atoms with Crippen LogP contribution in [0.15, 0.2) is 23.1 Å². The first-order valence-corrected chi connectivity index (χ1v) is 3.71. The van der Waals surface area contributed by atoms with Crippen LogP contribution in [0.25, 0.3) is 0 Å². The second-order valence-corrected chi connectivity index (χ2v) is 2.73. The Morgan fingerprint density at radius 1 is 1.15 bits per heavy atom. The number of hydrogen-bond acceptors (Lipinski definition) is 2.